The summed E-state index contributed by atoms with van der Waals surface area (Å²) in [6, 6.07) is 18.8. The van der Waals surface area contributed by atoms with Crippen LogP contribution in [0, 0.1) is 0 Å². The molecule has 0 radical (unpaired) electrons. The van der Waals surface area contributed by atoms with Gasteiger partial charge < -0.3 is 4.42 Å². The van der Waals surface area contributed by atoms with Crippen molar-refractivity contribution >= 4 is 33.3 Å². The molecule has 0 spiro atoms. The van der Waals surface area contributed by atoms with Gasteiger partial charge in [-0.1, -0.05) is 54.1 Å². The van der Waals surface area contributed by atoms with E-state index >= 15 is 0 Å². The highest BCUT2D eigenvalue weighted by atomic mass is 35.5. The molecule has 3 aromatic carbocycles. The first kappa shape index (κ1) is 13.0. The summed E-state index contributed by atoms with van der Waals surface area (Å²) < 4.78 is 5.41. The minimum absolute atomic E-state index is 0.280. The van der Waals surface area contributed by atoms with Gasteiger partial charge in [0, 0.05) is 5.56 Å². The third-order valence-corrected chi connectivity index (χ3v) is 3.93. The lowest BCUT2D eigenvalue weighted by atomic mass is 10.0. The molecular weight excluding hydrogens is 298 g/mol. The average molecular weight is 308 g/mol. The second kappa shape index (κ2) is 4.97. The van der Waals surface area contributed by atoms with Crippen LogP contribution in [0.3, 0.4) is 0 Å². The van der Waals surface area contributed by atoms with Crippen molar-refractivity contribution in [2.75, 3.05) is 0 Å². The summed E-state index contributed by atoms with van der Waals surface area (Å²) >= 11 is 6.16. The minimum Gasteiger partial charge on any atom is -0.403 e. The van der Waals surface area contributed by atoms with Crippen LogP contribution < -0.4 is 5.63 Å². The van der Waals surface area contributed by atoms with Gasteiger partial charge in [-0.2, -0.15) is 0 Å². The van der Waals surface area contributed by atoms with E-state index in [9.17, 15) is 4.79 Å². The molecule has 0 amide bonds. The largest absolute Gasteiger partial charge is 0.403 e. The third-order valence-electron chi connectivity index (χ3n) is 3.63. The van der Waals surface area contributed by atoms with E-state index in [0.717, 1.165) is 16.3 Å². The molecule has 22 heavy (non-hydrogen) atoms. The molecule has 4 heteroatoms. The Morgan fingerprint density at radius 2 is 1.59 bits per heavy atom. The summed E-state index contributed by atoms with van der Waals surface area (Å²) in [5.74, 6) is 0.280. The molecule has 0 bridgehead atoms. The minimum atomic E-state index is -0.435. The summed E-state index contributed by atoms with van der Waals surface area (Å²) in [5.41, 5.74) is 0.802. The van der Waals surface area contributed by atoms with E-state index in [4.69, 9.17) is 16.0 Å². The highest BCUT2D eigenvalue weighted by Crippen LogP contribution is 2.28. The first-order valence-corrected chi connectivity index (χ1v) is 7.19. The topological polar surface area (TPSA) is 43.1 Å². The van der Waals surface area contributed by atoms with Crippen molar-refractivity contribution in [3.63, 3.8) is 0 Å². The van der Waals surface area contributed by atoms with Crippen molar-refractivity contribution < 1.29 is 4.42 Å². The zero-order valence-electron chi connectivity index (χ0n) is 11.4. The van der Waals surface area contributed by atoms with Gasteiger partial charge >= 0.3 is 5.63 Å². The maximum absolute atomic E-state index is 12.2. The molecule has 0 saturated carbocycles. The Hall–Kier alpha value is -2.65. The van der Waals surface area contributed by atoms with Crippen molar-refractivity contribution in [2.24, 2.45) is 0 Å². The molecule has 0 aliphatic carbocycles. The number of rotatable bonds is 1. The second-order valence-electron chi connectivity index (χ2n) is 4.97. The summed E-state index contributed by atoms with van der Waals surface area (Å²) in [6.45, 7) is 0. The van der Waals surface area contributed by atoms with Crippen molar-refractivity contribution in [3.8, 4) is 11.5 Å². The number of hydrogen-bond acceptors (Lipinski definition) is 3. The Labute approximate surface area is 130 Å². The van der Waals surface area contributed by atoms with Gasteiger partial charge in [-0.15, -0.1) is 0 Å². The quantitative estimate of drug-likeness (QED) is 0.513. The number of fused-ring (bicyclic) bond motifs is 2. The summed E-state index contributed by atoms with van der Waals surface area (Å²) in [5, 5.41) is 2.86. The summed E-state index contributed by atoms with van der Waals surface area (Å²) in [6.07, 6.45) is 0. The van der Waals surface area contributed by atoms with E-state index in [1.165, 1.54) is 0 Å². The van der Waals surface area contributed by atoms with Crippen LogP contribution in [0.5, 0.6) is 0 Å². The molecular formula is C18H10ClNO2. The zero-order chi connectivity index (χ0) is 15.1. The van der Waals surface area contributed by atoms with Crippen molar-refractivity contribution in [1.82, 2.24) is 4.98 Å². The van der Waals surface area contributed by atoms with Crippen molar-refractivity contribution in [1.29, 1.82) is 0 Å². The molecule has 4 aromatic rings. The molecule has 106 valence electrons. The van der Waals surface area contributed by atoms with E-state index in [2.05, 4.69) is 4.98 Å². The van der Waals surface area contributed by atoms with Crippen LogP contribution in [-0.4, -0.2) is 4.98 Å². The van der Waals surface area contributed by atoms with Crippen LogP contribution in [0.15, 0.2) is 69.9 Å². The fourth-order valence-electron chi connectivity index (χ4n) is 2.59. The number of benzene rings is 3. The Bertz CT molecular complexity index is 1060. The molecule has 3 nitrogen and oxygen atoms in total. The standard InChI is InChI=1S/C18H10ClNO2/c19-15-10-4-9-14-16(15)20-17(22-18(14)21)13-8-3-6-11-5-1-2-7-12(11)13/h1-10H. The predicted octanol–water partition coefficient (Wildman–Crippen LogP) is 4.66. The van der Waals surface area contributed by atoms with Crippen LogP contribution in [0.25, 0.3) is 33.1 Å². The van der Waals surface area contributed by atoms with Crippen LogP contribution in [0.2, 0.25) is 5.02 Å². The number of nitrogens with zero attached hydrogens (tertiary/aromatic N) is 1. The Morgan fingerprint density at radius 3 is 2.50 bits per heavy atom. The highest BCUT2D eigenvalue weighted by molar-refractivity contribution is 6.35. The highest BCUT2D eigenvalue weighted by Gasteiger charge is 2.12. The third kappa shape index (κ3) is 1.98. The van der Waals surface area contributed by atoms with E-state index in [0.29, 0.717) is 15.9 Å². The van der Waals surface area contributed by atoms with Gasteiger partial charge in [-0.05, 0) is 29.0 Å². The number of para-hydroxylation sites is 1. The maximum atomic E-state index is 12.2. The Kier molecular flexibility index (Phi) is 2.94. The van der Waals surface area contributed by atoms with Crippen molar-refractivity contribution in [3.05, 3.63) is 76.1 Å². The van der Waals surface area contributed by atoms with Crippen LogP contribution in [0.4, 0.5) is 0 Å². The fraction of sp³-hybridized carbons (Fsp3) is 0. The van der Waals surface area contributed by atoms with Gasteiger partial charge in [0.25, 0.3) is 0 Å². The van der Waals surface area contributed by atoms with Gasteiger partial charge in [0.05, 0.1) is 10.4 Å². The second-order valence-corrected chi connectivity index (χ2v) is 5.38. The Balaban J connectivity index is 2.09. The normalized spacial score (nSPS) is 11.1. The van der Waals surface area contributed by atoms with Gasteiger partial charge in [0.2, 0.25) is 5.89 Å². The average Bonchev–Trinajstić information content (AvgIpc) is 2.55. The van der Waals surface area contributed by atoms with E-state index < -0.39 is 5.63 Å². The lowest BCUT2D eigenvalue weighted by molar-refractivity contribution is 0.519. The first-order valence-electron chi connectivity index (χ1n) is 6.81. The molecule has 1 aromatic heterocycles. The monoisotopic (exact) mass is 307 g/mol. The molecule has 0 aliphatic heterocycles. The first-order chi connectivity index (χ1) is 10.7. The van der Waals surface area contributed by atoms with E-state index in [-0.39, 0.29) is 5.89 Å². The van der Waals surface area contributed by atoms with E-state index in [1.807, 2.05) is 42.5 Å². The molecule has 0 fully saturated rings. The zero-order valence-corrected chi connectivity index (χ0v) is 12.2. The van der Waals surface area contributed by atoms with Gasteiger partial charge in [0.15, 0.2) is 0 Å². The summed E-state index contributed by atoms with van der Waals surface area (Å²) in [7, 11) is 0. The maximum Gasteiger partial charge on any atom is 0.347 e. The molecule has 0 saturated heterocycles. The molecule has 1 heterocycles. The molecule has 0 N–H and O–H groups in total. The van der Waals surface area contributed by atoms with Gasteiger partial charge in [-0.3, -0.25) is 0 Å². The number of aromatic nitrogens is 1. The van der Waals surface area contributed by atoms with Crippen LogP contribution in [-0.2, 0) is 0 Å². The lowest BCUT2D eigenvalue weighted by Gasteiger charge is -2.06. The summed E-state index contributed by atoms with van der Waals surface area (Å²) in [4.78, 5) is 16.7. The SMILES string of the molecule is O=c1oc(-c2cccc3ccccc23)nc2c(Cl)cccc12. The van der Waals surface area contributed by atoms with Gasteiger partial charge in [-0.25, -0.2) is 9.78 Å². The fourth-order valence-corrected chi connectivity index (χ4v) is 2.80. The molecule has 0 atom stereocenters. The predicted molar refractivity (Wildman–Crippen MR) is 88.2 cm³/mol. The number of hydrogen-bond donors (Lipinski definition) is 0. The van der Waals surface area contributed by atoms with Gasteiger partial charge in [0.1, 0.15) is 5.52 Å². The number of halogens is 1. The van der Waals surface area contributed by atoms with Crippen LogP contribution in [0.1, 0.15) is 0 Å². The smallest absolute Gasteiger partial charge is 0.347 e. The van der Waals surface area contributed by atoms with Crippen LogP contribution >= 0.6 is 11.6 Å². The lowest BCUT2D eigenvalue weighted by Crippen LogP contribution is -2.03. The molecule has 0 unspecified atom stereocenters. The van der Waals surface area contributed by atoms with Crippen molar-refractivity contribution in [2.45, 2.75) is 0 Å². The molecule has 4 rings (SSSR count). The Morgan fingerprint density at radius 1 is 0.864 bits per heavy atom. The molecule has 0 aliphatic rings. The van der Waals surface area contributed by atoms with E-state index in [1.54, 1.807) is 18.2 Å².